The summed E-state index contributed by atoms with van der Waals surface area (Å²) >= 11 is 3.64. The molecule has 0 fully saturated rings. The Balaban J connectivity index is 1.76. The zero-order valence-corrected chi connectivity index (χ0v) is 21.3. The van der Waals surface area contributed by atoms with E-state index in [4.69, 9.17) is 9.47 Å². The van der Waals surface area contributed by atoms with Crippen LogP contribution in [0.15, 0.2) is 58.5 Å². The van der Waals surface area contributed by atoms with Gasteiger partial charge >= 0.3 is 0 Å². The first-order valence-corrected chi connectivity index (χ1v) is 12.0. The molecule has 1 atom stereocenters. The summed E-state index contributed by atoms with van der Waals surface area (Å²) in [4.78, 5) is 17.9. The van der Waals surface area contributed by atoms with E-state index in [1.54, 1.807) is 11.8 Å². The van der Waals surface area contributed by atoms with Crippen molar-refractivity contribution in [2.24, 2.45) is 0 Å². The second-order valence-electron chi connectivity index (χ2n) is 8.15. The third kappa shape index (κ3) is 4.79. The molecular formula is C25H28BrN5O3. The van der Waals surface area contributed by atoms with Gasteiger partial charge in [-0.25, -0.2) is 4.68 Å². The van der Waals surface area contributed by atoms with Crippen LogP contribution in [0.25, 0.3) is 0 Å². The SMILES string of the molecule is CCCCOc1c(Br)cc(C2C(C(=O)Nc3cccc(C)c3)=C(C)Nc3ncnn32)cc1OC. The first kappa shape index (κ1) is 23.8. The number of rotatable bonds is 8. The Morgan fingerprint density at radius 2 is 2.09 bits per heavy atom. The van der Waals surface area contributed by atoms with E-state index in [0.717, 1.165) is 34.1 Å². The number of unbranched alkanes of at least 4 members (excludes halogenated alkanes) is 1. The van der Waals surface area contributed by atoms with E-state index in [1.165, 1.54) is 6.33 Å². The molecule has 1 aliphatic heterocycles. The van der Waals surface area contributed by atoms with Crippen molar-refractivity contribution in [3.05, 3.63) is 69.6 Å². The summed E-state index contributed by atoms with van der Waals surface area (Å²) in [6, 6.07) is 11.0. The predicted molar refractivity (Wildman–Crippen MR) is 135 cm³/mol. The van der Waals surface area contributed by atoms with Crippen LogP contribution >= 0.6 is 15.9 Å². The van der Waals surface area contributed by atoms with Crippen LogP contribution in [-0.4, -0.2) is 34.4 Å². The van der Waals surface area contributed by atoms with Crippen LogP contribution in [0.3, 0.4) is 0 Å². The molecule has 34 heavy (non-hydrogen) atoms. The highest BCUT2D eigenvalue weighted by Crippen LogP contribution is 2.42. The number of aryl methyl sites for hydroxylation is 1. The number of carbonyl (C=O) groups is 1. The number of methoxy groups -OCH3 is 1. The molecule has 1 aliphatic rings. The number of nitrogens with zero attached hydrogens (tertiary/aromatic N) is 3. The zero-order chi connectivity index (χ0) is 24.2. The molecule has 4 rings (SSSR count). The summed E-state index contributed by atoms with van der Waals surface area (Å²) in [6.45, 7) is 6.56. The van der Waals surface area contributed by atoms with E-state index >= 15 is 0 Å². The molecule has 1 unspecified atom stereocenters. The molecule has 9 heteroatoms. The van der Waals surface area contributed by atoms with Crippen LogP contribution < -0.4 is 20.1 Å². The average molecular weight is 526 g/mol. The largest absolute Gasteiger partial charge is 0.493 e. The highest BCUT2D eigenvalue weighted by molar-refractivity contribution is 9.10. The first-order chi connectivity index (χ1) is 16.4. The molecule has 0 spiro atoms. The maximum absolute atomic E-state index is 13.5. The molecule has 1 aromatic heterocycles. The number of allylic oxidation sites excluding steroid dienone is 1. The number of aromatic nitrogens is 3. The third-order valence-electron chi connectivity index (χ3n) is 5.63. The van der Waals surface area contributed by atoms with Crippen molar-refractivity contribution in [3.8, 4) is 11.5 Å². The molecule has 0 aliphatic carbocycles. The fourth-order valence-electron chi connectivity index (χ4n) is 3.97. The van der Waals surface area contributed by atoms with Crippen LogP contribution in [-0.2, 0) is 4.79 Å². The lowest BCUT2D eigenvalue weighted by Gasteiger charge is -2.29. The Bertz CT molecular complexity index is 1240. The van der Waals surface area contributed by atoms with Crippen molar-refractivity contribution in [3.63, 3.8) is 0 Å². The molecule has 3 aromatic rings. The molecule has 0 saturated carbocycles. The smallest absolute Gasteiger partial charge is 0.255 e. The van der Waals surface area contributed by atoms with Gasteiger partial charge in [-0.1, -0.05) is 25.5 Å². The van der Waals surface area contributed by atoms with Gasteiger partial charge in [-0.15, -0.1) is 0 Å². The summed E-state index contributed by atoms with van der Waals surface area (Å²) in [5.41, 5.74) is 3.84. The monoisotopic (exact) mass is 525 g/mol. The highest BCUT2D eigenvalue weighted by Gasteiger charge is 2.34. The van der Waals surface area contributed by atoms with Crippen molar-refractivity contribution in [1.82, 2.24) is 14.8 Å². The fraction of sp³-hybridized carbons (Fsp3) is 0.320. The number of halogens is 1. The maximum atomic E-state index is 13.5. The lowest BCUT2D eigenvalue weighted by Crippen LogP contribution is -2.31. The number of amides is 1. The maximum Gasteiger partial charge on any atom is 0.255 e. The number of benzene rings is 2. The number of fused-ring (bicyclic) bond motifs is 1. The van der Waals surface area contributed by atoms with E-state index in [9.17, 15) is 4.79 Å². The lowest BCUT2D eigenvalue weighted by atomic mass is 9.94. The summed E-state index contributed by atoms with van der Waals surface area (Å²) in [7, 11) is 1.61. The molecule has 0 saturated heterocycles. The van der Waals surface area contributed by atoms with E-state index in [-0.39, 0.29) is 5.91 Å². The molecule has 8 nitrogen and oxygen atoms in total. The minimum absolute atomic E-state index is 0.222. The number of hydrogen-bond donors (Lipinski definition) is 2. The second-order valence-corrected chi connectivity index (χ2v) is 9.01. The molecule has 2 aromatic carbocycles. The van der Waals surface area contributed by atoms with Crippen molar-refractivity contribution in [2.45, 2.75) is 39.7 Å². The van der Waals surface area contributed by atoms with Crippen LogP contribution in [0.1, 0.15) is 43.9 Å². The highest BCUT2D eigenvalue weighted by atomic mass is 79.9. The number of hydrogen-bond acceptors (Lipinski definition) is 6. The van der Waals surface area contributed by atoms with Gasteiger partial charge in [0.15, 0.2) is 11.5 Å². The Hall–Kier alpha value is -3.33. The number of carbonyl (C=O) groups excluding carboxylic acids is 1. The Labute approximate surface area is 207 Å². The van der Waals surface area contributed by atoms with Crippen LogP contribution in [0, 0.1) is 6.92 Å². The molecule has 1 amide bonds. The van der Waals surface area contributed by atoms with Gasteiger partial charge in [0.25, 0.3) is 5.91 Å². The minimum Gasteiger partial charge on any atom is -0.493 e. The standard InChI is InChI=1S/C25H28BrN5O3/c1-5-6-10-34-23-19(26)12-17(13-20(23)33-4)22-21(16(3)29-25-27-14-28-31(22)25)24(32)30-18-9-7-8-15(2)11-18/h7-9,11-14,22H,5-6,10H2,1-4H3,(H,30,32)(H,27,28,29). The Kier molecular flexibility index (Phi) is 7.21. The van der Waals surface area contributed by atoms with Gasteiger partial charge < -0.3 is 20.1 Å². The van der Waals surface area contributed by atoms with Gasteiger partial charge in [-0.3, -0.25) is 4.79 Å². The summed E-state index contributed by atoms with van der Waals surface area (Å²) < 4.78 is 14.1. The quantitative estimate of drug-likeness (QED) is 0.379. The summed E-state index contributed by atoms with van der Waals surface area (Å²) in [5.74, 6) is 1.56. The summed E-state index contributed by atoms with van der Waals surface area (Å²) in [6.07, 6.45) is 3.45. The average Bonchev–Trinajstić information content (AvgIpc) is 3.27. The van der Waals surface area contributed by atoms with Gasteiger partial charge in [0.1, 0.15) is 12.4 Å². The second kappa shape index (κ2) is 10.3. The topological polar surface area (TPSA) is 90.3 Å². The van der Waals surface area contributed by atoms with E-state index in [0.29, 0.717) is 35.3 Å². The van der Waals surface area contributed by atoms with Crippen molar-refractivity contribution in [2.75, 3.05) is 24.4 Å². The van der Waals surface area contributed by atoms with Crippen molar-refractivity contribution < 1.29 is 14.3 Å². The van der Waals surface area contributed by atoms with Gasteiger partial charge in [-0.05, 0) is 71.6 Å². The van der Waals surface area contributed by atoms with Gasteiger partial charge in [-0.2, -0.15) is 10.1 Å². The fourth-order valence-corrected chi connectivity index (χ4v) is 4.54. The molecule has 178 valence electrons. The van der Waals surface area contributed by atoms with Crippen LogP contribution in [0.2, 0.25) is 0 Å². The third-order valence-corrected chi connectivity index (χ3v) is 6.22. The zero-order valence-electron chi connectivity index (χ0n) is 19.7. The van der Waals surface area contributed by atoms with Crippen LogP contribution in [0.5, 0.6) is 11.5 Å². The Morgan fingerprint density at radius 3 is 2.82 bits per heavy atom. The number of ether oxygens (including phenoxy) is 2. The number of anilines is 2. The van der Waals surface area contributed by atoms with E-state index in [2.05, 4.69) is 43.6 Å². The summed E-state index contributed by atoms with van der Waals surface area (Å²) in [5, 5.41) is 10.6. The minimum atomic E-state index is -0.515. The van der Waals surface area contributed by atoms with Gasteiger partial charge in [0, 0.05) is 11.4 Å². The normalized spacial score (nSPS) is 14.9. The molecular weight excluding hydrogens is 498 g/mol. The van der Waals surface area contributed by atoms with E-state index < -0.39 is 6.04 Å². The van der Waals surface area contributed by atoms with Crippen LogP contribution in [0.4, 0.5) is 11.6 Å². The number of nitrogens with one attached hydrogen (secondary N) is 2. The van der Waals surface area contributed by atoms with Gasteiger partial charge in [0.2, 0.25) is 5.95 Å². The van der Waals surface area contributed by atoms with Crippen molar-refractivity contribution >= 4 is 33.5 Å². The molecule has 0 radical (unpaired) electrons. The Morgan fingerprint density at radius 1 is 1.26 bits per heavy atom. The molecule has 0 bridgehead atoms. The first-order valence-electron chi connectivity index (χ1n) is 11.2. The van der Waals surface area contributed by atoms with Gasteiger partial charge in [0.05, 0.1) is 23.8 Å². The lowest BCUT2D eigenvalue weighted by molar-refractivity contribution is -0.113. The predicted octanol–water partition coefficient (Wildman–Crippen LogP) is 5.46. The van der Waals surface area contributed by atoms with E-state index in [1.807, 2.05) is 50.2 Å². The van der Waals surface area contributed by atoms with Crippen molar-refractivity contribution in [1.29, 1.82) is 0 Å². The molecule has 2 N–H and O–H groups in total. The molecule has 2 heterocycles.